The van der Waals surface area contributed by atoms with Crippen LogP contribution in [0, 0.1) is 5.41 Å². The van der Waals surface area contributed by atoms with Gasteiger partial charge in [-0.3, -0.25) is 0 Å². The molecule has 20 heavy (non-hydrogen) atoms. The van der Waals surface area contributed by atoms with E-state index in [1.807, 2.05) is 0 Å². The van der Waals surface area contributed by atoms with E-state index in [9.17, 15) is 16.8 Å². The molecule has 0 spiro atoms. The molecule has 0 amide bonds. The number of nitrogens with zero attached hydrogens (tertiary/aromatic N) is 2. The fourth-order valence-corrected chi connectivity index (χ4v) is 7.19. The van der Waals surface area contributed by atoms with Gasteiger partial charge in [-0.05, 0) is 18.3 Å². The van der Waals surface area contributed by atoms with E-state index in [2.05, 4.69) is 4.79 Å². The lowest BCUT2D eigenvalue weighted by Crippen LogP contribution is -2.38. The molecule has 0 unspecified atom stereocenters. The van der Waals surface area contributed by atoms with E-state index in [4.69, 9.17) is 5.53 Å². The van der Waals surface area contributed by atoms with Crippen LogP contribution in [0.5, 0.6) is 0 Å². The van der Waals surface area contributed by atoms with E-state index < -0.39 is 34.7 Å². The highest BCUT2D eigenvalue weighted by atomic mass is 32.3. The number of hydrogen-bond acceptors (Lipinski definition) is 4. The molecule has 6 nitrogen and oxygen atoms in total. The van der Waals surface area contributed by atoms with Gasteiger partial charge in [0.2, 0.25) is 0 Å². The predicted molar refractivity (Wildman–Crippen MR) is 77.7 cm³/mol. The summed E-state index contributed by atoms with van der Waals surface area (Å²) in [5, 5.41) is -0.753. The Morgan fingerprint density at radius 3 is 2.00 bits per heavy atom. The Hall–Kier alpha value is -0.720. The van der Waals surface area contributed by atoms with E-state index in [0.717, 1.165) is 19.3 Å². The van der Waals surface area contributed by atoms with Crippen LogP contribution in [0.15, 0.2) is 0 Å². The molecule has 0 saturated heterocycles. The van der Waals surface area contributed by atoms with E-state index in [1.54, 1.807) is 20.8 Å². The Morgan fingerprint density at radius 2 is 1.60 bits per heavy atom. The van der Waals surface area contributed by atoms with Crippen LogP contribution >= 0.6 is 0 Å². The molecule has 0 aromatic heterocycles. The van der Waals surface area contributed by atoms with Gasteiger partial charge in [0.25, 0.3) is 19.7 Å². The minimum absolute atomic E-state index is 0.370. The van der Waals surface area contributed by atoms with Gasteiger partial charge in [-0.25, -0.2) is 16.8 Å². The van der Waals surface area contributed by atoms with Crippen molar-refractivity contribution in [2.75, 3.05) is 5.75 Å². The van der Waals surface area contributed by atoms with Crippen LogP contribution in [0.3, 0.4) is 0 Å². The summed E-state index contributed by atoms with van der Waals surface area (Å²) < 4.78 is 48.1. The van der Waals surface area contributed by atoms with Crippen LogP contribution in [0.25, 0.3) is 5.53 Å². The van der Waals surface area contributed by atoms with Gasteiger partial charge in [-0.1, -0.05) is 40.0 Å². The van der Waals surface area contributed by atoms with Crippen molar-refractivity contribution in [2.45, 2.75) is 58.1 Å². The fraction of sp³-hybridized carbons (Fsp3) is 0.917. The van der Waals surface area contributed by atoms with Gasteiger partial charge in [0, 0.05) is 0 Å². The van der Waals surface area contributed by atoms with Crippen molar-refractivity contribution >= 4 is 24.1 Å². The molecule has 1 fully saturated rings. The molecule has 0 atom stereocenters. The molecule has 0 radical (unpaired) electrons. The van der Waals surface area contributed by atoms with Crippen LogP contribution in [-0.4, -0.2) is 37.0 Å². The zero-order valence-electron chi connectivity index (χ0n) is 12.2. The van der Waals surface area contributed by atoms with Gasteiger partial charge in [0.05, 0.1) is 11.0 Å². The average molecular weight is 322 g/mol. The van der Waals surface area contributed by atoms with Crippen molar-refractivity contribution in [1.29, 1.82) is 0 Å². The Morgan fingerprint density at radius 1 is 1.10 bits per heavy atom. The quantitative estimate of drug-likeness (QED) is 0.334. The van der Waals surface area contributed by atoms with Gasteiger partial charge < -0.3 is 5.53 Å². The maximum Gasteiger partial charge on any atom is 0.495 e. The zero-order valence-corrected chi connectivity index (χ0v) is 13.8. The summed E-state index contributed by atoms with van der Waals surface area (Å²) in [6, 6.07) is 0. The minimum atomic E-state index is -4.13. The first-order valence-corrected chi connectivity index (χ1v) is 9.89. The van der Waals surface area contributed by atoms with Gasteiger partial charge in [-0.2, -0.15) is 0 Å². The summed E-state index contributed by atoms with van der Waals surface area (Å²) in [5.41, 5.74) is 8.34. The van der Waals surface area contributed by atoms with E-state index >= 15 is 0 Å². The second-order valence-electron chi connectivity index (χ2n) is 6.49. The van der Waals surface area contributed by atoms with Crippen molar-refractivity contribution in [2.24, 2.45) is 5.41 Å². The minimum Gasteiger partial charge on any atom is -0.359 e. The van der Waals surface area contributed by atoms with Gasteiger partial charge in [0.15, 0.2) is 0 Å². The monoisotopic (exact) mass is 322 g/mol. The highest BCUT2D eigenvalue weighted by molar-refractivity contribution is 8.31. The summed E-state index contributed by atoms with van der Waals surface area (Å²) >= 11 is 0. The Kier molecular flexibility index (Phi) is 5.16. The summed E-state index contributed by atoms with van der Waals surface area (Å²) in [6.07, 6.45) is 3.30. The fourth-order valence-electron chi connectivity index (χ4n) is 2.45. The second kappa shape index (κ2) is 5.95. The third-order valence-electron chi connectivity index (χ3n) is 3.21. The first kappa shape index (κ1) is 17.3. The van der Waals surface area contributed by atoms with Crippen LogP contribution in [0.1, 0.15) is 52.9 Å². The van der Waals surface area contributed by atoms with Crippen LogP contribution < -0.4 is 0 Å². The third kappa shape index (κ3) is 4.14. The summed E-state index contributed by atoms with van der Waals surface area (Å²) in [6.45, 7) is 5.06. The Balaban J connectivity index is 3.16. The molecule has 116 valence electrons. The van der Waals surface area contributed by atoms with Crippen LogP contribution in [0.2, 0.25) is 0 Å². The van der Waals surface area contributed by atoms with Crippen molar-refractivity contribution in [1.82, 2.24) is 0 Å². The maximum atomic E-state index is 12.4. The first-order valence-electron chi connectivity index (χ1n) is 6.69. The topological polar surface area (TPSA) is 105 Å². The van der Waals surface area contributed by atoms with E-state index in [-0.39, 0.29) is 5.75 Å². The molecular formula is C12H22N2O4S2. The Labute approximate surface area is 121 Å². The van der Waals surface area contributed by atoms with Gasteiger partial charge >= 0.3 is 4.38 Å². The lowest BCUT2D eigenvalue weighted by molar-refractivity contribution is 0.00364. The molecule has 0 N–H and O–H groups in total. The largest absolute Gasteiger partial charge is 0.495 e. The molecule has 1 aliphatic carbocycles. The standard InChI is InChI=1S/C12H22N2O4S2/c1-12(2,3)9-19(15,16)11(14-13)20(17,18)10-7-5-4-6-8-10/h10H,4-9H2,1-3H3. The average Bonchev–Trinajstić information content (AvgIpc) is 2.26. The summed E-state index contributed by atoms with van der Waals surface area (Å²) in [7, 11) is -8.22. The molecule has 0 heterocycles. The molecule has 0 aromatic carbocycles. The third-order valence-corrected chi connectivity index (χ3v) is 8.44. The smallest absolute Gasteiger partial charge is 0.359 e. The Bertz CT molecular complexity index is 602. The van der Waals surface area contributed by atoms with Crippen molar-refractivity contribution in [3.63, 3.8) is 0 Å². The second-order valence-corrected chi connectivity index (χ2v) is 10.8. The molecular weight excluding hydrogens is 300 g/mol. The van der Waals surface area contributed by atoms with E-state index in [1.165, 1.54) is 0 Å². The predicted octanol–water partition coefficient (Wildman–Crippen LogP) is 1.78. The molecule has 0 bridgehead atoms. The molecule has 1 rings (SSSR count). The molecule has 1 saturated carbocycles. The summed E-state index contributed by atoms with van der Waals surface area (Å²) in [4.78, 5) is 2.63. The maximum absolute atomic E-state index is 12.4. The first-order chi connectivity index (χ1) is 9.00. The lowest BCUT2D eigenvalue weighted by atomic mass is 10.0. The normalized spacial score (nSPS) is 18.6. The molecule has 1 aliphatic rings. The van der Waals surface area contributed by atoms with Crippen molar-refractivity contribution < 1.29 is 21.6 Å². The number of sulfone groups is 2. The van der Waals surface area contributed by atoms with Crippen LogP contribution in [0.4, 0.5) is 0 Å². The van der Waals surface area contributed by atoms with Gasteiger partial charge in [0.1, 0.15) is 0 Å². The highest BCUT2D eigenvalue weighted by Crippen LogP contribution is 2.27. The molecule has 8 heteroatoms. The molecule has 0 aromatic rings. The SMILES string of the molecule is CC(C)(C)CS(=O)(=O)C(=[N+]=[N-])S(=O)(=O)C1CCCCC1. The van der Waals surface area contributed by atoms with E-state index in [0.29, 0.717) is 12.8 Å². The van der Waals surface area contributed by atoms with Gasteiger partial charge in [-0.15, -0.1) is 4.79 Å². The van der Waals surface area contributed by atoms with Crippen LogP contribution in [-0.2, 0) is 19.7 Å². The van der Waals surface area contributed by atoms with Crippen molar-refractivity contribution in [3.8, 4) is 0 Å². The zero-order chi connectivity index (χ0) is 15.6. The summed E-state index contributed by atoms with van der Waals surface area (Å²) in [5.74, 6) is -0.370. The molecule has 0 aliphatic heterocycles. The number of hydrogen-bond donors (Lipinski definition) is 0. The highest BCUT2D eigenvalue weighted by Gasteiger charge is 2.47. The lowest BCUT2D eigenvalue weighted by Gasteiger charge is -2.20. The number of rotatable bonds is 2. The van der Waals surface area contributed by atoms with Crippen molar-refractivity contribution in [3.05, 3.63) is 5.53 Å².